The molecule has 0 saturated heterocycles. The summed E-state index contributed by atoms with van der Waals surface area (Å²) in [6, 6.07) is 16.7. The van der Waals surface area contributed by atoms with Crippen LogP contribution in [0, 0.1) is 0 Å². The topological polar surface area (TPSA) is 108 Å². The molecule has 160 valence electrons. The van der Waals surface area contributed by atoms with E-state index in [9.17, 15) is 9.90 Å². The molecule has 1 N–H and O–H groups in total. The minimum Gasteiger partial charge on any atom is -0.497 e. The number of hydrogen-bond donors (Lipinski definition) is 1. The van der Waals surface area contributed by atoms with Crippen LogP contribution in [0.5, 0.6) is 5.75 Å². The first kappa shape index (κ1) is 19.7. The van der Waals surface area contributed by atoms with Crippen molar-refractivity contribution in [2.75, 3.05) is 7.11 Å². The summed E-state index contributed by atoms with van der Waals surface area (Å²) >= 11 is 0. The van der Waals surface area contributed by atoms with Crippen LogP contribution in [-0.4, -0.2) is 36.5 Å². The fourth-order valence-electron chi connectivity index (χ4n) is 3.57. The van der Waals surface area contributed by atoms with E-state index in [1.165, 1.54) is 9.08 Å². The fourth-order valence-corrected chi connectivity index (χ4v) is 3.57. The second-order valence-electron chi connectivity index (χ2n) is 7.12. The van der Waals surface area contributed by atoms with Gasteiger partial charge in [-0.2, -0.15) is 10.1 Å². The van der Waals surface area contributed by atoms with Crippen LogP contribution in [0.1, 0.15) is 11.4 Å². The van der Waals surface area contributed by atoms with Gasteiger partial charge in [0.05, 0.1) is 26.0 Å². The van der Waals surface area contributed by atoms with E-state index in [2.05, 4.69) is 15.2 Å². The Labute approximate surface area is 182 Å². The molecule has 0 aliphatic heterocycles. The molecule has 0 saturated carbocycles. The number of methoxy groups -OCH3 is 1. The standard InChI is InChI=1S/C23H19N5O4/c1-31-17-9-7-15(8-10-17)20-18(14-29)21-23(30)27(11-12-28(21)25-20)13-19-24-22(32-26-19)16-5-3-2-4-6-16/h2-12,29H,13-14H2,1H3. The number of aliphatic hydroxyl groups is 1. The number of fused-ring (bicyclic) bond motifs is 1. The number of nitrogens with zero attached hydrogens (tertiary/aromatic N) is 5. The van der Waals surface area contributed by atoms with Crippen LogP contribution in [0.2, 0.25) is 0 Å². The molecule has 32 heavy (non-hydrogen) atoms. The van der Waals surface area contributed by atoms with Gasteiger partial charge in [-0.3, -0.25) is 4.79 Å². The Morgan fingerprint density at radius 3 is 2.53 bits per heavy atom. The molecule has 0 unspecified atom stereocenters. The van der Waals surface area contributed by atoms with E-state index in [4.69, 9.17) is 9.26 Å². The lowest BCUT2D eigenvalue weighted by Crippen LogP contribution is -2.23. The van der Waals surface area contributed by atoms with Crippen LogP contribution >= 0.6 is 0 Å². The highest BCUT2D eigenvalue weighted by Gasteiger charge is 2.19. The third kappa shape index (κ3) is 3.44. The summed E-state index contributed by atoms with van der Waals surface area (Å²) in [6.45, 7) is -0.204. The van der Waals surface area contributed by atoms with Crippen LogP contribution in [0.3, 0.4) is 0 Å². The molecule has 9 nitrogen and oxygen atoms in total. The maximum absolute atomic E-state index is 13.2. The molecule has 0 atom stereocenters. The molecule has 3 aromatic heterocycles. The molecule has 0 fully saturated rings. The molecule has 0 aliphatic rings. The molecule has 3 heterocycles. The van der Waals surface area contributed by atoms with Gasteiger partial charge in [-0.25, -0.2) is 4.52 Å². The van der Waals surface area contributed by atoms with E-state index in [1.807, 2.05) is 42.5 Å². The summed E-state index contributed by atoms with van der Waals surface area (Å²) in [5.41, 5.74) is 2.55. The SMILES string of the molecule is COc1ccc(-c2nn3ccn(Cc4noc(-c5ccccc5)n4)c(=O)c3c2CO)cc1. The van der Waals surface area contributed by atoms with E-state index < -0.39 is 0 Å². The van der Waals surface area contributed by atoms with Gasteiger partial charge >= 0.3 is 0 Å². The normalized spacial score (nSPS) is 11.2. The van der Waals surface area contributed by atoms with Crippen molar-refractivity contribution in [2.24, 2.45) is 0 Å². The molecule has 2 aromatic carbocycles. The maximum atomic E-state index is 13.2. The summed E-state index contributed by atoms with van der Waals surface area (Å²) in [5.74, 6) is 1.47. The average Bonchev–Trinajstić information content (AvgIpc) is 3.46. The second kappa shape index (κ2) is 8.12. The summed E-state index contributed by atoms with van der Waals surface area (Å²) in [4.78, 5) is 17.6. The summed E-state index contributed by atoms with van der Waals surface area (Å²) < 4.78 is 13.5. The van der Waals surface area contributed by atoms with Crippen molar-refractivity contribution in [1.82, 2.24) is 24.3 Å². The van der Waals surface area contributed by atoms with Crippen LogP contribution < -0.4 is 10.3 Å². The van der Waals surface area contributed by atoms with Crippen LogP contribution in [0.4, 0.5) is 0 Å². The van der Waals surface area contributed by atoms with E-state index in [-0.39, 0.29) is 18.7 Å². The van der Waals surface area contributed by atoms with E-state index in [0.717, 1.165) is 11.1 Å². The summed E-state index contributed by atoms with van der Waals surface area (Å²) in [5, 5.41) is 18.5. The minimum absolute atomic E-state index is 0.125. The molecule has 0 bridgehead atoms. The average molecular weight is 429 g/mol. The largest absolute Gasteiger partial charge is 0.497 e. The van der Waals surface area contributed by atoms with Crippen LogP contribution in [0.25, 0.3) is 28.2 Å². The Hall–Kier alpha value is -4.24. The van der Waals surface area contributed by atoms with Crippen molar-refractivity contribution in [3.05, 3.63) is 88.7 Å². The van der Waals surface area contributed by atoms with Gasteiger partial charge in [0.15, 0.2) is 5.82 Å². The highest BCUT2D eigenvalue weighted by atomic mass is 16.5. The highest BCUT2D eigenvalue weighted by molar-refractivity contribution is 5.72. The summed E-state index contributed by atoms with van der Waals surface area (Å²) in [6.07, 6.45) is 3.28. The summed E-state index contributed by atoms with van der Waals surface area (Å²) in [7, 11) is 1.59. The predicted octanol–water partition coefficient (Wildman–Crippen LogP) is 2.76. The number of benzene rings is 2. The highest BCUT2D eigenvalue weighted by Crippen LogP contribution is 2.26. The third-order valence-corrected chi connectivity index (χ3v) is 5.18. The van der Waals surface area contributed by atoms with Crippen LogP contribution in [-0.2, 0) is 13.2 Å². The monoisotopic (exact) mass is 429 g/mol. The predicted molar refractivity (Wildman–Crippen MR) is 116 cm³/mol. The van der Waals surface area contributed by atoms with E-state index in [0.29, 0.717) is 34.2 Å². The number of hydrogen-bond acceptors (Lipinski definition) is 7. The second-order valence-corrected chi connectivity index (χ2v) is 7.12. The molecule has 0 radical (unpaired) electrons. The van der Waals surface area contributed by atoms with Gasteiger partial charge in [0.2, 0.25) is 0 Å². The lowest BCUT2D eigenvalue weighted by Gasteiger charge is -2.04. The Kier molecular flexibility index (Phi) is 5.00. The van der Waals surface area contributed by atoms with Gasteiger partial charge in [0.25, 0.3) is 11.4 Å². The van der Waals surface area contributed by atoms with Gasteiger partial charge in [-0.1, -0.05) is 23.4 Å². The van der Waals surface area contributed by atoms with Crippen molar-refractivity contribution < 1.29 is 14.4 Å². The molecule has 9 heteroatoms. The van der Waals surface area contributed by atoms with Crippen molar-refractivity contribution in [3.8, 4) is 28.5 Å². The lowest BCUT2D eigenvalue weighted by molar-refractivity contribution is 0.283. The van der Waals surface area contributed by atoms with Crippen molar-refractivity contribution in [2.45, 2.75) is 13.2 Å². The van der Waals surface area contributed by atoms with E-state index >= 15 is 0 Å². The zero-order valence-corrected chi connectivity index (χ0v) is 17.2. The molecule has 5 rings (SSSR count). The zero-order valence-electron chi connectivity index (χ0n) is 17.2. The first-order valence-electron chi connectivity index (χ1n) is 9.92. The van der Waals surface area contributed by atoms with Gasteiger partial charge in [-0.15, -0.1) is 0 Å². The number of ether oxygens (including phenoxy) is 1. The van der Waals surface area contributed by atoms with Crippen LogP contribution in [0.15, 0.2) is 76.3 Å². The van der Waals surface area contributed by atoms with Crippen molar-refractivity contribution >= 4 is 5.52 Å². The Morgan fingerprint density at radius 2 is 1.81 bits per heavy atom. The number of rotatable bonds is 6. The number of aliphatic hydroxyl groups excluding tert-OH is 1. The zero-order chi connectivity index (χ0) is 22.1. The van der Waals surface area contributed by atoms with Gasteiger partial charge in [-0.05, 0) is 36.4 Å². The first-order valence-corrected chi connectivity index (χ1v) is 9.92. The van der Waals surface area contributed by atoms with Gasteiger partial charge < -0.3 is 18.9 Å². The van der Waals surface area contributed by atoms with Crippen molar-refractivity contribution in [1.29, 1.82) is 0 Å². The molecule has 5 aromatic rings. The molecule has 0 aliphatic carbocycles. The van der Waals surface area contributed by atoms with Gasteiger partial charge in [0.1, 0.15) is 11.3 Å². The maximum Gasteiger partial charge on any atom is 0.277 e. The minimum atomic E-state index is -0.329. The third-order valence-electron chi connectivity index (χ3n) is 5.18. The molecule has 0 amide bonds. The fraction of sp³-hybridized carbons (Fsp3) is 0.130. The lowest BCUT2D eigenvalue weighted by atomic mass is 10.1. The number of aromatic nitrogens is 5. The van der Waals surface area contributed by atoms with Crippen molar-refractivity contribution in [3.63, 3.8) is 0 Å². The Morgan fingerprint density at radius 1 is 1.03 bits per heavy atom. The molecule has 0 spiro atoms. The smallest absolute Gasteiger partial charge is 0.277 e. The Bertz CT molecular complexity index is 1440. The quantitative estimate of drug-likeness (QED) is 0.442. The Balaban J connectivity index is 1.52. The van der Waals surface area contributed by atoms with Gasteiger partial charge in [0, 0.05) is 29.1 Å². The van der Waals surface area contributed by atoms with E-state index in [1.54, 1.807) is 31.6 Å². The molecular weight excluding hydrogens is 410 g/mol. The molecular formula is C23H19N5O4. The first-order chi connectivity index (χ1) is 15.7.